The first-order valence-corrected chi connectivity index (χ1v) is 31.0. The Balaban J connectivity index is 0.000000431. The predicted octanol–water partition coefficient (Wildman–Crippen LogP) is 23.5. The van der Waals surface area contributed by atoms with Gasteiger partial charge in [-0.15, -0.1) is 56.7 Å². The highest BCUT2D eigenvalue weighted by Gasteiger charge is 1.90. The summed E-state index contributed by atoms with van der Waals surface area (Å²) in [5.41, 5.74) is 9.08. The van der Waals surface area contributed by atoms with Crippen LogP contribution < -0.4 is 0 Å². The minimum atomic E-state index is 0.968. The second-order valence-corrected chi connectivity index (χ2v) is 25.1. The van der Waals surface area contributed by atoms with Gasteiger partial charge in [0.05, 0.1) is 31.3 Å². The van der Waals surface area contributed by atoms with E-state index in [1.54, 1.807) is 88.0 Å². The zero-order valence-corrected chi connectivity index (χ0v) is 55.2. The third-order valence-corrected chi connectivity index (χ3v) is 15.1. The van der Waals surface area contributed by atoms with Crippen molar-refractivity contribution in [1.29, 1.82) is 0 Å². The summed E-state index contributed by atoms with van der Waals surface area (Å²) in [4.78, 5) is 8.42. The minimum absolute atomic E-state index is 0.968. The van der Waals surface area contributed by atoms with E-state index in [9.17, 15) is 0 Å². The van der Waals surface area contributed by atoms with E-state index in [2.05, 4.69) is 150 Å². The van der Waals surface area contributed by atoms with Crippen LogP contribution >= 0.6 is 68.0 Å². The molecule has 0 aliphatic carbocycles. The highest BCUT2D eigenvalue weighted by Crippen LogP contribution is 2.14. The van der Waals surface area contributed by atoms with Crippen LogP contribution in [-0.2, 0) is 7.05 Å². The molecule has 12 heterocycles. The van der Waals surface area contributed by atoms with Gasteiger partial charge in [0, 0.05) is 48.7 Å². The van der Waals surface area contributed by atoms with Crippen molar-refractivity contribution in [3.8, 4) is 0 Å². The molecule has 0 saturated carbocycles. The van der Waals surface area contributed by atoms with Gasteiger partial charge in [-0.3, -0.25) is 0 Å². The Hall–Kier alpha value is -6.12. The van der Waals surface area contributed by atoms with Crippen LogP contribution in [0.5, 0.6) is 0 Å². The van der Waals surface area contributed by atoms with Crippen molar-refractivity contribution < 1.29 is 22.1 Å². The highest BCUT2D eigenvalue weighted by molar-refractivity contribution is 7.12. The van der Waals surface area contributed by atoms with Crippen molar-refractivity contribution in [3.63, 3.8) is 0 Å². The van der Waals surface area contributed by atoms with Crippen molar-refractivity contribution in [1.82, 2.24) is 4.57 Å². The monoisotopic (exact) mass is 1180 g/mol. The Morgan fingerprint density at radius 1 is 0.354 bits per heavy atom. The van der Waals surface area contributed by atoms with Crippen molar-refractivity contribution in [2.45, 2.75) is 125 Å². The van der Waals surface area contributed by atoms with Crippen LogP contribution in [0.15, 0.2) is 201 Å². The number of aromatic nitrogens is 1. The van der Waals surface area contributed by atoms with E-state index in [4.69, 9.17) is 22.1 Å². The highest BCUT2D eigenvalue weighted by atomic mass is 32.1. The lowest BCUT2D eigenvalue weighted by Crippen LogP contribution is -1.75. The topological polar surface area (TPSA) is 70.6 Å². The summed E-state index contributed by atoms with van der Waals surface area (Å²) in [6.45, 7) is 36.9. The van der Waals surface area contributed by atoms with Gasteiger partial charge in [-0.25, -0.2) is 0 Å². The fraction of sp³-hybridized carbons (Fsp3) is 0.284. The van der Waals surface area contributed by atoms with Gasteiger partial charge >= 0.3 is 0 Å². The maximum absolute atomic E-state index is 5.08. The molecule has 79 heavy (non-hydrogen) atoms. The lowest BCUT2D eigenvalue weighted by Gasteiger charge is -1.79. The summed E-state index contributed by atoms with van der Waals surface area (Å²) >= 11 is 10.8. The average Bonchev–Trinajstić information content (AvgIpc) is 4.20. The first-order valence-electron chi connectivity index (χ1n) is 25.7. The van der Waals surface area contributed by atoms with E-state index in [1.165, 1.54) is 68.2 Å². The summed E-state index contributed by atoms with van der Waals surface area (Å²) < 4.78 is 26.6. The number of furan rings is 5. The number of hydrogen-bond acceptors (Lipinski definition) is 11. The Morgan fingerprint density at radius 2 is 0.911 bits per heavy atom. The molecule has 6 nitrogen and oxygen atoms in total. The van der Waals surface area contributed by atoms with E-state index < -0.39 is 0 Å². The molecule has 0 fully saturated rings. The number of thiophene rings is 6. The lowest BCUT2D eigenvalue weighted by atomic mass is 10.3. The largest absolute Gasteiger partial charge is 0.472 e. The van der Waals surface area contributed by atoms with Crippen LogP contribution in [0.2, 0.25) is 0 Å². The lowest BCUT2D eigenvalue weighted by molar-refractivity contribution is 0.504. The van der Waals surface area contributed by atoms with Crippen LogP contribution in [0.1, 0.15) is 97.0 Å². The molecule has 0 N–H and O–H groups in total. The first kappa shape index (κ1) is 70.9. The van der Waals surface area contributed by atoms with Crippen LogP contribution in [0, 0.1) is 125 Å². The molecule has 0 saturated heterocycles. The van der Waals surface area contributed by atoms with Gasteiger partial charge in [0.1, 0.15) is 28.8 Å². The van der Waals surface area contributed by atoms with Crippen LogP contribution in [-0.4, -0.2) is 4.57 Å². The maximum atomic E-state index is 5.08. The second kappa shape index (κ2) is 42.8. The van der Waals surface area contributed by atoms with Gasteiger partial charge in [0.2, 0.25) is 0 Å². The normalized spacial score (nSPS) is 9.20. The Bertz CT molecular complexity index is 2560. The Morgan fingerprint density at radius 3 is 1.04 bits per heavy atom. The number of rotatable bonds is 0. The van der Waals surface area contributed by atoms with Crippen molar-refractivity contribution in [3.05, 3.63) is 276 Å². The number of hydrogen-bond donors (Lipinski definition) is 0. The molecule has 12 aromatic rings. The molecule has 0 unspecified atom stereocenters. The third kappa shape index (κ3) is 40.7. The quantitative estimate of drug-likeness (QED) is 0.151. The smallest absolute Gasteiger partial charge is 0.101 e. The van der Waals surface area contributed by atoms with Gasteiger partial charge in [0.15, 0.2) is 0 Å². The molecule has 0 aromatic carbocycles. The molecule has 12 aromatic heterocycles. The van der Waals surface area contributed by atoms with Crippen molar-refractivity contribution >= 4 is 68.0 Å². The fourth-order valence-electron chi connectivity index (χ4n) is 5.67. The van der Waals surface area contributed by atoms with E-state index in [0.29, 0.717) is 0 Å². The van der Waals surface area contributed by atoms with Crippen molar-refractivity contribution in [2.75, 3.05) is 0 Å². The molecule has 0 spiro atoms. The van der Waals surface area contributed by atoms with E-state index >= 15 is 0 Å². The average molecular weight is 1180 g/mol. The van der Waals surface area contributed by atoms with Gasteiger partial charge < -0.3 is 26.7 Å². The summed E-state index contributed by atoms with van der Waals surface area (Å²) in [5, 5.41) is 12.7. The molecule has 0 radical (unpaired) electrons. The molecule has 0 bridgehead atoms. The minimum Gasteiger partial charge on any atom is -0.472 e. The predicted molar refractivity (Wildman–Crippen MR) is 350 cm³/mol. The van der Waals surface area contributed by atoms with Gasteiger partial charge in [-0.05, 0) is 293 Å². The zero-order chi connectivity index (χ0) is 59.0. The molecule has 12 rings (SSSR count). The van der Waals surface area contributed by atoms with Gasteiger partial charge in [-0.1, -0.05) is 6.07 Å². The number of aryl methyl sites for hydroxylation is 19. The summed E-state index contributed by atoms with van der Waals surface area (Å²) in [6, 6.07) is 34.7. The van der Waals surface area contributed by atoms with Gasteiger partial charge in [-0.2, -0.15) is 11.3 Å². The molecule has 426 valence electrons. The maximum Gasteiger partial charge on any atom is 0.101 e. The molecule has 0 amide bonds. The molecule has 12 heteroatoms. The molecule has 0 aliphatic heterocycles. The Labute approximate surface area is 498 Å². The van der Waals surface area contributed by atoms with Crippen LogP contribution in [0.4, 0.5) is 0 Å². The molecular weight excluding hydrogens is 1090 g/mol. The van der Waals surface area contributed by atoms with Crippen molar-refractivity contribution in [2.24, 2.45) is 7.05 Å². The SMILES string of the molecule is Cc1ccc(C)o1.Cc1ccc(C)s1.Cc1ccco1.Cc1cccs1.Cc1ccoc1.Cc1ccsc1.Cc1ccsc1C.Cc1coc(C)c1.Cc1coc(C)c1.Cc1csc(C)c1.Cc1csc(C)c1.Cn1cccc1. The molecule has 0 aliphatic rings. The van der Waals surface area contributed by atoms with E-state index in [1.807, 2.05) is 145 Å². The second-order valence-electron chi connectivity index (χ2n) is 18.3. The molecular formula is C67H87NO5S6. The summed E-state index contributed by atoms with van der Waals surface area (Å²) in [7, 11) is 2.00. The third-order valence-electron chi connectivity index (χ3n) is 9.72. The van der Waals surface area contributed by atoms with E-state index in [-0.39, 0.29) is 0 Å². The molecule has 0 atom stereocenters. The van der Waals surface area contributed by atoms with E-state index in [0.717, 1.165) is 28.8 Å². The number of nitrogens with zero attached hydrogens (tertiary/aromatic N) is 1. The van der Waals surface area contributed by atoms with Crippen LogP contribution in [0.3, 0.4) is 0 Å². The summed E-state index contributed by atoms with van der Waals surface area (Å²) in [6.07, 6.45) is 12.5. The zero-order valence-electron chi connectivity index (χ0n) is 50.3. The first-order chi connectivity index (χ1) is 37.5. The Kier molecular flexibility index (Phi) is 38.4. The fourth-order valence-corrected chi connectivity index (χ4v) is 9.76. The van der Waals surface area contributed by atoms with Crippen LogP contribution in [0.25, 0.3) is 0 Å². The van der Waals surface area contributed by atoms with Gasteiger partial charge in [0.25, 0.3) is 0 Å². The standard InChI is InChI=1S/3C6H8O.4C6H8S.C5H7N.2C5H6O.2C5H6S/c2*1-5-3-6(2)7-4-5;1-5-3-4-6(2)7-5;2*1-5-3-6(2)7-4-5;1-5-3-4-7-6(5)2;1-5-3-4-6(2)7-5;1-6-4-2-3-5-6;1-5-2-3-6-4-5;1-5-3-2-4-6-5;1-5-2-3-6-4-5;1-5-3-2-4-6-5/h7*3-4H,1-2H3;2-5H,1H3;4*2-4H,1H3. The summed E-state index contributed by atoms with van der Waals surface area (Å²) in [5.74, 6) is 4.90.